The molecule has 0 atom stereocenters. The highest BCUT2D eigenvalue weighted by Crippen LogP contribution is 2.28. The molecule has 0 bridgehead atoms. The quantitative estimate of drug-likeness (QED) is 0.455. The number of benzene rings is 1. The van der Waals surface area contributed by atoms with Crippen LogP contribution in [0, 0.1) is 8.08 Å². The molecule has 4 nitrogen and oxygen atoms in total. The van der Waals surface area contributed by atoms with E-state index in [0.29, 0.717) is 11.1 Å². The van der Waals surface area contributed by atoms with Crippen LogP contribution in [0.25, 0.3) is 10.2 Å². The molecule has 0 aliphatic carbocycles. The second kappa shape index (κ2) is 6.66. The lowest BCUT2D eigenvalue weighted by molar-refractivity contribution is 0.0687. The predicted octanol–water partition coefficient (Wildman–Crippen LogP) is 4.74. The lowest BCUT2D eigenvalue weighted by Crippen LogP contribution is -2.12. The summed E-state index contributed by atoms with van der Waals surface area (Å²) in [5.41, 5.74) is 1.92. The number of thiophene rings is 1. The molecular weight excluding hydrogens is 443 g/mol. The first kappa shape index (κ1) is 16.5. The van der Waals surface area contributed by atoms with Crippen LogP contribution < -0.4 is 0 Å². The van der Waals surface area contributed by atoms with Crippen molar-refractivity contribution in [1.82, 2.24) is 9.78 Å². The first-order chi connectivity index (χ1) is 11.0. The number of aromatic nitrogens is 2. The number of rotatable bonds is 4. The van der Waals surface area contributed by atoms with E-state index in [0.717, 1.165) is 25.8 Å². The fourth-order valence-corrected chi connectivity index (χ4v) is 4.06. The highest BCUT2D eigenvalue weighted by Gasteiger charge is 2.16. The summed E-state index contributed by atoms with van der Waals surface area (Å²) in [7, 11) is 0. The van der Waals surface area contributed by atoms with Crippen LogP contribution in [-0.4, -0.2) is 20.9 Å². The molecule has 2 heterocycles. The summed E-state index contributed by atoms with van der Waals surface area (Å²) in [6, 6.07) is 10.2. The molecule has 0 saturated heterocycles. The van der Waals surface area contributed by atoms with Gasteiger partial charge in [-0.05, 0) is 52.8 Å². The highest BCUT2D eigenvalue weighted by molar-refractivity contribution is 14.1. The van der Waals surface area contributed by atoms with Crippen molar-refractivity contribution < 1.29 is 9.90 Å². The molecule has 3 aromatic rings. The molecule has 23 heavy (non-hydrogen) atoms. The number of aromatic carboxylic acids is 1. The van der Waals surface area contributed by atoms with E-state index in [1.807, 2.05) is 24.3 Å². The molecule has 0 unspecified atom stereocenters. The Bertz CT molecular complexity index is 945. The third kappa shape index (κ3) is 3.31. The molecule has 0 spiro atoms. The highest BCUT2D eigenvalue weighted by atomic mass is 127. The molecule has 7 heteroatoms. The standard InChI is InChI=1S/C16H13IN2O2S2/c1-2-11-7-12-15(23-11)14(22)13(16(20)21)18-19(12)8-9-3-5-10(17)6-4-9/h3-7H,2,8H2,1H3,(H,20,21). The van der Waals surface area contributed by atoms with Gasteiger partial charge in [-0.25, -0.2) is 4.79 Å². The van der Waals surface area contributed by atoms with E-state index in [4.69, 9.17) is 12.2 Å². The predicted molar refractivity (Wildman–Crippen MR) is 103 cm³/mol. The van der Waals surface area contributed by atoms with Crippen LogP contribution in [0.4, 0.5) is 0 Å². The Morgan fingerprint density at radius 3 is 2.70 bits per heavy atom. The first-order valence-corrected chi connectivity index (χ1v) is 9.31. The average Bonchev–Trinajstić information content (AvgIpc) is 2.97. The van der Waals surface area contributed by atoms with Gasteiger partial charge in [-0.1, -0.05) is 31.3 Å². The second-order valence-corrected chi connectivity index (χ2v) is 7.84. The van der Waals surface area contributed by atoms with Gasteiger partial charge in [-0.15, -0.1) is 11.3 Å². The molecule has 0 aliphatic rings. The minimum Gasteiger partial charge on any atom is -0.476 e. The Morgan fingerprint density at radius 2 is 2.09 bits per heavy atom. The van der Waals surface area contributed by atoms with Crippen LogP contribution in [0.15, 0.2) is 30.3 Å². The molecule has 1 aromatic carbocycles. The number of nitrogens with zero attached hydrogens (tertiary/aromatic N) is 2. The van der Waals surface area contributed by atoms with Crippen molar-refractivity contribution in [3.05, 3.63) is 54.5 Å². The molecule has 0 amide bonds. The number of carbonyl (C=O) groups is 1. The Hall–Kier alpha value is -1.32. The van der Waals surface area contributed by atoms with Crippen LogP contribution in [-0.2, 0) is 13.0 Å². The van der Waals surface area contributed by atoms with E-state index < -0.39 is 5.97 Å². The van der Waals surface area contributed by atoms with Crippen molar-refractivity contribution >= 4 is 62.3 Å². The van der Waals surface area contributed by atoms with E-state index >= 15 is 0 Å². The van der Waals surface area contributed by atoms with E-state index in [-0.39, 0.29) is 5.69 Å². The Balaban J connectivity index is 2.19. The number of fused-ring (bicyclic) bond motifs is 1. The minimum absolute atomic E-state index is 0.0532. The molecular formula is C16H13IN2O2S2. The molecule has 0 fully saturated rings. The van der Waals surface area contributed by atoms with Gasteiger partial charge in [0.05, 0.1) is 21.3 Å². The lowest BCUT2D eigenvalue weighted by Gasteiger charge is -2.09. The molecule has 1 N–H and O–H groups in total. The number of hydrogen-bond donors (Lipinski definition) is 1. The second-order valence-electron chi connectivity index (χ2n) is 5.05. The fourth-order valence-electron chi connectivity index (χ4n) is 2.31. The zero-order chi connectivity index (χ0) is 16.6. The van der Waals surface area contributed by atoms with E-state index in [1.54, 1.807) is 16.0 Å². The number of carboxylic acid groups (broad SMARTS) is 1. The maximum Gasteiger partial charge on any atom is 0.357 e. The normalized spacial score (nSPS) is 11.0. The van der Waals surface area contributed by atoms with Crippen LogP contribution >= 0.6 is 46.1 Å². The van der Waals surface area contributed by atoms with E-state index in [2.05, 4.69) is 40.7 Å². The zero-order valence-electron chi connectivity index (χ0n) is 12.2. The van der Waals surface area contributed by atoms with Gasteiger partial charge >= 0.3 is 5.97 Å². The van der Waals surface area contributed by atoms with Crippen molar-refractivity contribution in [3.8, 4) is 0 Å². The van der Waals surface area contributed by atoms with Crippen molar-refractivity contribution in [2.75, 3.05) is 0 Å². The number of carboxylic acids is 1. The Kier molecular flexibility index (Phi) is 4.79. The monoisotopic (exact) mass is 456 g/mol. The number of aryl methyl sites for hydroxylation is 1. The van der Waals surface area contributed by atoms with Gasteiger partial charge in [-0.2, -0.15) is 5.10 Å². The summed E-state index contributed by atoms with van der Waals surface area (Å²) in [6.07, 6.45) is 0.889. The van der Waals surface area contributed by atoms with E-state index in [1.165, 1.54) is 4.88 Å². The molecule has 3 rings (SSSR count). The summed E-state index contributed by atoms with van der Waals surface area (Å²) in [5.74, 6) is -1.08. The van der Waals surface area contributed by atoms with Gasteiger partial charge in [-0.3, -0.25) is 4.68 Å². The largest absolute Gasteiger partial charge is 0.476 e. The molecule has 2 aromatic heterocycles. The fraction of sp³-hybridized carbons (Fsp3) is 0.188. The summed E-state index contributed by atoms with van der Waals surface area (Å²) >= 11 is 9.13. The Labute approximate surface area is 155 Å². The van der Waals surface area contributed by atoms with Crippen molar-refractivity contribution in [2.24, 2.45) is 0 Å². The maximum absolute atomic E-state index is 11.5. The van der Waals surface area contributed by atoms with Gasteiger partial charge in [0.2, 0.25) is 0 Å². The molecule has 0 saturated carbocycles. The summed E-state index contributed by atoms with van der Waals surface area (Å²) in [4.78, 5) is 12.6. The third-order valence-corrected chi connectivity index (χ3v) is 6.01. The van der Waals surface area contributed by atoms with Gasteiger partial charge < -0.3 is 5.11 Å². The summed E-state index contributed by atoms with van der Waals surface area (Å²) in [5, 5.41) is 13.7. The van der Waals surface area contributed by atoms with Crippen LogP contribution in [0.1, 0.15) is 27.9 Å². The van der Waals surface area contributed by atoms with Crippen molar-refractivity contribution in [1.29, 1.82) is 0 Å². The van der Waals surface area contributed by atoms with Crippen molar-refractivity contribution in [2.45, 2.75) is 19.9 Å². The van der Waals surface area contributed by atoms with Gasteiger partial charge in [0.1, 0.15) is 0 Å². The smallest absolute Gasteiger partial charge is 0.357 e. The van der Waals surface area contributed by atoms with E-state index in [9.17, 15) is 9.90 Å². The summed E-state index contributed by atoms with van der Waals surface area (Å²) in [6.45, 7) is 2.59. The Morgan fingerprint density at radius 1 is 1.39 bits per heavy atom. The number of hydrogen-bond acceptors (Lipinski definition) is 4. The maximum atomic E-state index is 11.5. The zero-order valence-corrected chi connectivity index (χ0v) is 16.0. The average molecular weight is 456 g/mol. The van der Waals surface area contributed by atoms with Crippen LogP contribution in [0.2, 0.25) is 0 Å². The van der Waals surface area contributed by atoms with Gasteiger partial charge in [0.15, 0.2) is 5.69 Å². The van der Waals surface area contributed by atoms with Gasteiger partial charge in [0, 0.05) is 8.45 Å². The van der Waals surface area contributed by atoms with Gasteiger partial charge in [0.25, 0.3) is 0 Å². The minimum atomic E-state index is -1.08. The molecule has 0 aliphatic heterocycles. The third-order valence-electron chi connectivity index (χ3n) is 3.48. The van der Waals surface area contributed by atoms with Crippen LogP contribution in [0.3, 0.4) is 0 Å². The van der Waals surface area contributed by atoms with Crippen LogP contribution in [0.5, 0.6) is 0 Å². The number of halogens is 1. The lowest BCUT2D eigenvalue weighted by atomic mass is 10.2. The summed E-state index contributed by atoms with van der Waals surface area (Å²) < 4.78 is 4.06. The molecule has 0 radical (unpaired) electrons. The topological polar surface area (TPSA) is 55.1 Å². The van der Waals surface area contributed by atoms with Crippen molar-refractivity contribution in [3.63, 3.8) is 0 Å². The molecule has 118 valence electrons. The SMILES string of the molecule is CCc1cc2c(s1)c(=S)c(C(=O)O)nn2Cc1ccc(I)cc1. The first-order valence-electron chi connectivity index (χ1n) is 7.01.